The zero-order valence-electron chi connectivity index (χ0n) is 7.69. The molecule has 5 N–H and O–H groups in total. The molecule has 1 atom stereocenters. The van der Waals surface area contributed by atoms with Gasteiger partial charge in [0.05, 0.1) is 0 Å². The van der Waals surface area contributed by atoms with Gasteiger partial charge < -0.3 is 15.6 Å². The molecular weight excluding hydrogens is 184 g/mol. The summed E-state index contributed by atoms with van der Waals surface area (Å²) in [5.74, 6) is 3.89. The smallest absolute Gasteiger partial charge is 0.337 e. The van der Waals surface area contributed by atoms with E-state index in [9.17, 15) is 9.90 Å². The average molecular weight is 196 g/mol. The van der Waals surface area contributed by atoms with Gasteiger partial charge in [-0.2, -0.15) is 0 Å². The van der Waals surface area contributed by atoms with Crippen LogP contribution in [0.1, 0.15) is 17.2 Å². The number of nitrogens with one attached hydrogen (secondary N) is 1. The Bertz CT molecular complexity index is 352. The molecule has 0 aliphatic heterocycles. The SMILES string of the molecule is Cc1ccc(NN)cc1C(O)C(=O)O. The van der Waals surface area contributed by atoms with Crippen LogP contribution in [-0.4, -0.2) is 16.2 Å². The van der Waals surface area contributed by atoms with E-state index >= 15 is 0 Å². The number of carbonyl (C=O) groups is 1. The summed E-state index contributed by atoms with van der Waals surface area (Å²) in [6.07, 6.45) is -1.51. The maximum Gasteiger partial charge on any atom is 0.337 e. The van der Waals surface area contributed by atoms with Crippen LogP contribution in [-0.2, 0) is 4.79 Å². The Morgan fingerprint density at radius 2 is 2.21 bits per heavy atom. The third-order valence-corrected chi connectivity index (χ3v) is 1.97. The summed E-state index contributed by atoms with van der Waals surface area (Å²) in [4.78, 5) is 10.5. The number of aryl methyl sites for hydroxylation is 1. The molecule has 0 heterocycles. The summed E-state index contributed by atoms with van der Waals surface area (Å²) < 4.78 is 0. The van der Waals surface area contributed by atoms with Crippen LogP contribution in [0.2, 0.25) is 0 Å². The number of benzene rings is 1. The molecule has 0 aromatic heterocycles. The van der Waals surface area contributed by atoms with Crippen LogP contribution in [0.4, 0.5) is 5.69 Å². The molecule has 0 bridgehead atoms. The second-order valence-electron chi connectivity index (χ2n) is 2.96. The fraction of sp³-hybridized carbons (Fsp3) is 0.222. The number of rotatable bonds is 3. The predicted octanol–water partition coefficient (Wildman–Crippen LogP) is 0.399. The lowest BCUT2D eigenvalue weighted by Gasteiger charge is -2.11. The van der Waals surface area contributed by atoms with Gasteiger partial charge in [0.15, 0.2) is 6.10 Å². The second kappa shape index (κ2) is 4.08. The first-order valence-electron chi connectivity index (χ1n) is 4.04. The molecule has 5 heteroatoms. The molecule has 0 saturated carbocycles. The number of hydrogen-bond acceptors (Lipinski definition) is 4. The van der Waals surface area contributed by atoms with Crippen molar-refractivity contribution in [3.8, 4) is 0 Å². The van der Waals surface area contributed by atoms with E-state index in [0.29, 0.717) is 16.8 Å². The second-order valence-corrected chi connectivity index (χ2v) is 2.96. The van der Waals surface area contributed by atoms with Crippen molar-refractivity contribution in [2.45, 2.75) is 13.0 Å². The number of hydrazine groups is 1. The van der Waals surface area contributed by atoms with E-state index in [-0.39, 0.29) is 0 Å². The van der Waals surface area contributed by atoms with E-state index < -0.39 is 12.1 Å². The highest BCUT2D eigenvalue weighted by atomic mass is 16.4. The first-order valence-corrected chi connectivity index (χ1v) is 4.04. The van der Waals surface area contributed by atoms with Gasteiger partial charge in [-0.15, -0.1) is 0 Å². The first kappa shape index (κ1) is 10.5. The van der Waals surface area contributed by atoms with Crippen molar-refractivity contribution in [1.82, 2.24) is 0 Å². The molecule has 1 aromatic carbocycles. The van der Waals surface area contributed by atoms with Crippen LogP contribution in [0.5, 0.6) is 0 Å². The molecule has 1 rings (SSSR count). The van der Waals surface area contributed by atoms with Crippen LogP contribution >= 0.6 is 0 Å². The van der Waals surface area contributed by atoms with Gasteiger partial charge in [-0.1, -0.05) is 6.07 Å². The van der Waals surface area contributed by atoms with Gasteiger partial charge in [-0.3, -0.25) is 5.84 Å². The number of aliphatic carboxylic acids is 1. The molecule has 0 radical (unpaired) electrons. The number of aliphatic hydroxyl groups excluding tert-OH is 1. The summed E-state index contributed by atoms with van der Waals surface area (Å²) >= 11 is 0. The Balaban J connectivity index is 3.11. The summed E-state index contributed by atoms with van der Waals surface area (Å²) in [6.45, 7) is 1.72. The van der Waals surface area contributed by atoms with Gasteiger partial charge >= 0.3 is 5.97 Å². The van der Waals surface area contributed by atoms with Crippen LogP contribution in [0.25, 0.3) is 0 Å². The lowest BCUT2D eigenvalue weighted by atomic mass is 10.0. The van der Waals surface area contributed by atoms with E-state index in [1.165, 1.54) is 6.07 Å². The molecule has 0 aliphatic carbocycles. The summed E-state index contributed by atoms with van der Waals surface area (Å²) in [5, 5.41) is 18.0. The molecule has 0 amide bonds. The van der Waals surface area contributed by atoms with Crippen LogP contribution < -0.4 is 11.3 Å². The lowest BCUT2D eigenvalue weighted by molar-refractivity contribution is -0.147. The van der Waals surface area contributed by atoms with Crippen molar-refractivity contribution in [2.24, 2.45) is 5.84 Å². The monoisotopic (exact) mass is 196 g/mol. The summed E-state index contributed by atoms with van der Waals surface area (Å²) in [7, 11) is 0. The van der Waals surface area contributed by atoms with E-state index in [4.69, 9.17) is 10.9 Å². The van der Waals surface area contributed by atoms with Gasteiger partial charge in [0.2, 0.25) is 0 Å². The molecule has 1 unspecified atom stereocenters. The van der Waals surface area contributed by atoms with Gasteiger partial charge in [0.1, 0.15) is 0 Å². The van der Waals surface area contributed by atoms with Crippen molar-refractivity contribution in [3.63, 3.8) is 0 Å². The highest BCUT2D eigenvalue weighted by Gasteiger charge is 2.18. The largest absolute Gasteiger partial charge is 0.479 e. The zero-order valence-corrected chi connectivity index (χ0v) is 7.69. The van der Waals surface area contributed by atoms with E-state index in [0.717, 1.165) is 0 Å². The maximum atomic E-state index is 10.5. The Morgan fingerprint density at radius 1 is 1.57 bits per heavy atom. The normalized spacial score (nSPS) is 12.2. The van der Waals surface area contributed by atoms with Gasteiger partial charge in [0.25, 0.3) is 0 Å². The molecule has 0 spiro atoms. The number of nitrogen functional groups attached to an aromatic ring is 1. The molecular formula is C9H12N2O3. The van der Waals surface area contributed by atoms with Crippen LogP contribution in [0, 0.1) is 6.92 Å². The third kappa shape index (κ3) is 2.01. The number of carboxylic acid groups (broad SMARTS) is 1. The Kier molecular flexibility index (Phi) is 3.06. The van der Waals surface area contributed by atoms with Crippen molar-refractivity contribution in [1.29, 1.82) is 0 Å². The Hall–Kier alpha value is -1.59. The number of aliphatic hydroxyl groups is 1. The molecule has 14 heavy (non-hydrogen) atoms. The molecule has 5 nitrogen and oxygen atoms in total. The standard InChI is InChI=1S/C9H12N2O3/c1-5-2-3-6(11-10)4-7(5)8(12)9(13)14/h2-4,8,11-12H,10H2,1H3,(H,13,14). The summed E-state index contributed by atoms with van der Waals surface area (Å²) in [5.41, 5.74) is 3.99. The number of anilines is 1. The van der Waals surface area contributed by atoms with Crippen molar-refractivity contribution < 1.29 is 15.0 Å². The molecule has 76 valence electrons. The minimum Gasteiger partial charge on any atom is -0.479 e. The molecule has 0 fully saturated rings. The highest BCUT2D eigenvalue weighted by molar-refractivity contribution is 5.75. The fourth-order valence-electron chi connectivity index (χ4n) is 1.16. The Morgan fingerprint density at radius 3 is 2.71 bits per heavy atom. The first-order chi connectivity index (χ1) is 6.56. The van der Waals surface area contributed by atoms with Gasteiger partial charge in [-0.05, 0) is 30.2 Å². The van der Waals surface area contributed by atoms with E-state index in [2.05, 4.69) is 5.43 Å². The van der Waals surface area contributed by atoms with Crippen molar-refractivity contribution in [2.75, 3.05) is 5.43 Å². The number of carboxylic acids is 1. The zero-order chi connectivity index (χ0) is 10.7. The third-order valence-electron chi connectivity index (χ3n) is 1.97. The molecule has 0 aliphatic rings. The summed E-state index contributed by atoms with van der Waals surface area (Å²) in [6, 6.07) is 4.90. The van der Waals surface area contributed by atoms with Crippen molar-refractivity contribution >= 4 is 11.7 Å². The molecule has 1 aromatic rings. The van der Waals surface area contributed by atoms with Gasteiger partial charge in [0, 0.05) is 5.69 Å². The minimum atomic E-state index is -1.51. The molecule has 0 saturated heterocycles. The number of nitrogens with two attached hydrogens (primary N) is 1. The minimum absolute atomic E-state index is 0.341. The highest BCUT2D eigenvalue weighted by Crippen LogP contribution is 2.21. The van der Waals surface area contributed by atoms with E-state index in [1.807, 2.05) is 0 Å². The number of hydrogen-bond donors (Lipinski definition) is 4. The Labute approximate surface area is 81.1 Å². The van der Waals surface area contributed by atoms with Crippen molar-refractivity contribution in [3.05, 3.63) is 29.3 Å². The average Bonchev–Trinajstić information content (AvgIpc) is 2.17. The fourth-order valence-corrected chi connectivity index (χ4v) is 1.16. The predicted molar refractivity (Wildman–Crippen MR) is 51.6 cm³/mol. The topological polar surface area (TPSA) is 95.6 Å². The quantitative estimate of drug-likeness (QED) is 0.414. The lowest BCUT2D eigenvalue weighted by Crippen LogP contribution is -2.13. The van der Waals surface area contributed by atoms with E-state index in [1.54, 1.807) is 19.1 Å². The van der Waals surface area contributed by atoms with Crippen LogP contribution in [0.15, 0.2) is 18.2 Å². The van der Waals surface area contributed by atoms with Crippen LogP contribution in [0.3, 0.4) is 0 Å². The van der Waals surface area contributed by atoms with Gasteiger partial charge in [-0.25, -0.2) is 4.79 Å². The maximum absolute atomic E-state index is 10.5.